The van der Waals surface area contributed by atoms with Crippen LogP contribution in [0.2, 0.25) is 0 Å². The maximum absolute atomic E-state index is 10.7. The Morgan fingerprint density at radius 3 is 1.25 bits per heavy atom. The molecule has 0 bridgehead atoms. The minimum atomic E-state index is -0.729. The molecule has 0 aliphatic heterocycles. The van der Waals surface area contributed by atoms with Crippen molar-refractivity contribution < 1.29 is 20.1 Å². The van der Waals surface area contributed by atoms with Gasteiger partial charge in [-0.15, -0.1) is 0 Å². The van der Waals surface area contributed by atoms with Gasteiger partial charge < -0.3 is 20.1 Å². The van der Waals surface area contributed by atoms with Gasteiger partial charge in [-0.05, 0) is 148 Å². The largest absolute Gasteiger partial charge is 0.393 e. The lowest BCUT2D eigenvalue weighted by Gasteiger charge is -2.35. The van der Waals surface area contributed by atoms with Crippen LogP contribution in [-0.2, 0) is 21.5 Å². The van der Waals surface area contributed by atoms with Gasteiger partial charge >= 0.3 is 0 Å². The predicted molar refractivity (Wildman–Crippen MR) is 220 cm³/mol. The first-order valence-electron chi connectivity index (χ1n) is 20.7. The van der Waals surface area contributed by atoms with E-state index in [1.165, 1.54) is 35.1 Å². The number of hydrogen-bond donors (Lipinski definition) is 3. The molecule has 2 aliphatic rings. The van der Waals surface area contributed by atoms with Crippen LogP contribution < -0.4 is 0 Å². The monoisotopic (exact) mass is 715 g/mol. The Kier molecular flexibility index (Phi) is 17.1. The van der Waals surface area contributed by atoms with Crippen LogP contribution in [0.4, 0.5) is 0 Å². The molecule has 5 rings (SSSR count). The van der Waals surface area contributed by atoms with Crippen molar-refractivity contribution >= 4 is 0 Å². The normalized spacial score (nSPS) is 25.1. The first-order valence-corrected chi connectivity index (χ1v) is 20.7. The molecule has 0 saturated heterocycles. The molecule has 0 heterocycles. The average Bonchev–Trinajstić information content (AvgIpc) is 3.17. The van der Waals surface area contributed by atoms with Crippen LogP contribution in [0.1, 0.15) is 191 Å². The van der Waals surface area contributed by atoms with Gasteiger partial charge in [0.2, 0.25) is 0 Å². The van der Waals surface area contributed by atoms with Crippen LogP contribution in [0.3, 0.4) is 0 Å². The highest BCUT2D eigenvalue weighted by Crippen LogP contribution is 2.40. The van der Waals surface area contributed by atoms with Gasteiger partial charge in [-0.2, -0.15) is 0 Å². The predicted octanol–water partition coefficient (Wildman–Crippen LogP) is 12.4. The van der Waals surface area contributed by atoms with Crippen molar-refractivity contribution in [2.24, 2.45) is 5.92 Å². The summed E-state index contributed by atoms with van der Waals surface area (Å²) >= 11 is 0. The van der Waals surface area contributed by atoms with Gasteiger partial charge in [-0.1, -0.05) is 121 Å². The second-order valence-electron chi connectivity index (χ2n) is 16.7. The summed E-state index contributed by atoms with van der Waals surface area (Å²) in [6.07, 6.45) is 10.1. The average molecular weight is 715 g/mol. The van der Waals surface area contributed by atoms with Crippen LogP contribution in [0.25, 0.3) is 0 Å². The maximum atomic E-state index is 10.7. The maximum Gasteiger partial charge on any atom is 0.0898 e. The van der Waals surface area contributed by atoms with Crippen LogP contribution in [0.5, 0.6) is 0 Å². The van der Waals surface area contributed by atoms with Gasteiger partial charge in [0, 0.05) is 6.61 Å². The third kappa shape index (κ3) is 12.3. The molecule has 3 aromatic carbocycles. The summed E-state index contributed by atoms with van der Waals surface area (Å²) in [5, 5.41) is 30.9. The standard InChI is InChI=1S/C17H26O.C16H24O2.C15H24O/c1-4-14(3)15-5-7-16(8-6-15)17(18)11-9-13(2)10-12-17;1-3-12(2)13-4-6-14(7-5-13)16(18)10-8-15(17)9-11-16;1-6-12(3)13-8-10-14(11-9-13)15(4,5)16-7-2/h5-8,13-14,18H,4,9-12H2,1-3H3;4-7,12,15,17-18H,3,8-11H2,1-2H3;8-12H,6-7H2,1-5H3. The lowest BCUT2D eigenvalue weighted by atomic mass is 9.75. The molecule has 3 atom stereocenters. The number of aliphatic hydroxyl groups excluding tert-OH is 1. The van der Waals surface area contributed by atoms with Crippen LogP contribution in [0.15, 0.2) is 72.8 Å². The Labute approximate surface area is 318 Å². The Bertz CT molecular complexity index is 1330. The number of hydrogen-bond acceptors (Lipinski definition) is 4. The van der Waals surface area contributed by atoms with Crippen molar-refractivity contribution in [2.75, 3.05) is 6.61 Å². The van der Waals surface area contributed by atoms with E-state index in [4.69, 9.17) is 4.74 Å². The molecular formula is C48H74O4. The molecule has 0 aromatic heterocycles. The highest BCUT2D eigenvalue weighted by atomic mass is 16.5. The quantitative estimate of drug-likeness (QED) is 0.185. The zero-order valence-electron chi connectivity index (χ0n) is 34.6. The summed E-state index contributed by atoms with van der Waals surface area (Å²) in [5.74, 6) is 2.59. The van der Waals surface area contributed by atoms with E-state index in [9.17, 15) is 15.3 Å². The van der Waals surface area contributed by atoms with Crippen molar-refractivity contribution in [2.45, 2.75) is 181 Å². The van der Waals surface area contributed by atoms with Gasteiger partial charge in [0.05, 0.1) is 22.9 Å². The van der Waals surface area contributed by atoms with Crippen molar-refractivity contribution in [3.05, 3.63) is 106 Å². The fourth-order valence-corrected chi connectivity index (χ4v) is 7.51. The first-order chi connectivity index (χ1) is 24.6. The zero-order valence-corrected chi connectivity index (χ0v) is 34.6. The second-order valence-corrected chi connectivity index (χ2v) is 16.7. The first kappa shape index (κ1) is 43.9. The smallest absolute Gasteiger partial charge is 0.0898 e. The van der Waals surface area contributed by atoms with Crippen molar-refractivity contribution in [3.63, 3.8) is 0 Å². The molecule has 3 N–H and O–H groups in total. The van der Waals surface area contributed by atoms with Gasteiger partial charge in [0.1, 0.15) is 0 Å². The van der Waals surface area contributed by atoms with Crippen LogP contribution in [0, 0.1) is 5.92 Å². The van der Waals surface area contributed by atoms with Crippen molar-refractivity contribution in [1.82, 2.24) is 0 Å². The third-order valence-corrected chi connectivity index (χ3v) is 12.4. The van der Waals surface area contributed by atoms with E-state index in [0.29, 0.717) is 43.4 Å². The molecule has 4 heteroatoms. The summed E-state index contributed by atoms with van der Waals surface area (Å²) in [6, 6.07) is 25.9. The molecule has 2 saturated carbocycles. The molecule has 3 unspecified atom stereocenters. The molecule has 290 valence electrons. The van der Waals surface area contributed by atoms with Crippen LogP contribution in [-0.4, -0.2) is 28.0 Å². The Morgan fingerprint density at radius 1 is 0.596 bits per heavy atom. The van der Waals surface area contributed by atoms with Gasteiger partial charge in [-0.25, -0.2) is 0 Å². The van der Waals surface area contributed by atoms with E-state index in [2.05, 4.69) is 135 Å². The SMILES string of the molecule is CCC(C)c1ccc(C2(O)CCC(C)CC2)cc1.CCC(C)c1ccc(C2(O)CCC(O)CC2)cc1.CCOC(C)(C)c1ccc(C(C)CC)cc1. The highest BCUT2D eigenvalue weighted by molar-refractivity contribution is 5.31. The van der Waals surface area contributed by atoms with E-state index in [0.717, 1.165) is 55.8 Å². The lowest BCUT2D eigenvalue weighted by Crippen LogP contribution is -2.33. The number of aliphatic hydroxyl groups is 3. The molecule has 2 fully saturated rings. The molecule has 4 nitrogen and oxygen atoms in total. The van der Waals surface area contributed by atoms with E-state index in [1.807, 2.05) is 6.92 Å². The van der Waals surface area contributed by atoms with Crippen LogP contribution >= 0.6 is 0 Å². The van der Waals surface area contributed by atoms with Gasteiger partial charge in [0.25, 0.3) is 0 Å². The van der Waals surface area contributed by atoms with E-state index in [-0.39, 0.29) is 11.7 Å². The summed E-state index contributed by atoms with van der Waals surface area (Å²) in [6.45, 7) is 22.7. The second kappa shape index (κ2) is 20.3. The Hall–Kier alpha value is -2.50. The molecule has 52 heavy (non-hydrogen) atoms. The van der Waals surface area contributed by atoms with Crippen molar-refractivity contribution in [3.8, 4) is 0 Å². The minimum absolute atomic E-state index is 0.178. The third-order valence-electron chi connectivity index (χ3n) is 12.4. The van der Waals surface area contributed by atoms with Crippen molar-refractivity contribution in [1.29, 1.82) is 0 Å². The van der Waals surface area contributed by atoms with E-state index < -0.39 is 11.2 Å². The molecule has 0 spiro atoms. The summed E-state index contributed by atoms with van der Waals surface area (Å²) in [7, 11) is 0. The summed E-state index contributed by atoms with van der Waals surface area (Å²) in [4.78, 5) is 0. The molecule has 0 amide bonds. The Morgan fingerprint density at radius 2 is 0.923 bits per heavy atom. The molecule has 0 radical (unpaired) electrons. The molecule has 3 aromatic rings. The molecule has 2 aliphatic carbocycles. The molecular weight excluding hydrogens is 641 g/mol. The number of ether oxygens (including phenoxy) is 1. The Balaban J connectivity index is 0.000000211. The number of benzene rings is 3. The minimum Gasteiger partial charge on any atom is -0.393 e. The van der Waals surface area contributed by atoms with Gasteiger partial charge in [0.15, 0.2) is 0 Å². The highest BCUT2D eigenvalue weighted by Gasteiger charge is 2.35. The fourth-order valence-electron chi connectivity index (χ4n) is 7.51. The zero-order chi connectivity index (χ0) is 38.5. The van der Waals surface area contributed by atoms with Gasteiger partial charge in [-0.3, -0.25) is 0 Å². The van der Waals surface area contributed by atoms with E-state index >= 15 is 0 Å². The van der Waals surface area contributed by atoms with E-state index in [1.54, 1.807) is 0 Å². The topological polar surface area (TPSA) is 69.9 Å². The number of rotatable bonds is 11. The summed E-state index contributed by atoms with van der Waals surface area (Å²) in [5.41, 5.74) is 6.02. The lowest BCUT2D eigenvalue weighted by molar-refractivity contribution is -0.0361. The summed E-state index contributed by atoms with van der Waals surface area (Å²) < 4.78 is 5.74. The fraction of sp³-hybridized carbons (Fsp3) is 0.625.